The van der Waals surface area contributed by atoms with Crippen LogP contribution in [-0.4, -0.2) is 26.7 Å². The van der Waals surface area contributed by atoms with Gasteiger partial charge in [-0.3, -0.25) is 0 Å². The van der Waals surface area contributed by atoms with Gasteiger partial charge in [0.1, 0.15) is 11.5 Å². The minimum absolute atomic E-state index is 0.0297. The van der Waals surface area contributed by atoms with Crippen LogP contribution >= 0.6 is 0 Å². The number of nitrogens with zero attached hydrogens (tertiary/aromatic N) is 3. The number of hydrogen-bond donors (Lipinski definition) is 2. The molecule has 3 rings (SSSR count). The van der Waals surface area contributed by atoms with Crippen molar-refractivity contribution in [2.24, 2.45) is 0 Å². The highest BCUT2D eigenvalue weighted by Gasteiger charge is 2.16. The van der Waals surface area contributed by atoms with Crippen molar-refractivity contribution in [1.82, 2.24) is 15.0 Å². The lowest BCUT2D eigenvalue weighted by Crippen LogP contribution is -2.09. The topological polar surface area (TPSA) is 63.0 Å². The lowest BCUT2D eigenvalue weighted by Gasteiger charge is -2.14. The number of halogens is 1. The molecule has 0 aliphatic carbocycles. The number of aromatic nitrogens is 3. The Labute approximate surface area is 146 Å². The lowest BCUT2D eigenvalue weighted by atomic mass is 10.1. The van der Waals surface area contributed by atoms with Crippen molar-refractivity contribution >= 4 is 5.69 Å². The molecule has 1 heterocycles. The van der Waals surface area contributed by atoms with Gasteiger partial charge in [0.2, 0.25) is 0 Å². The van der Waals surface area contributed by atoms with Crippen LogP contribution in [0.25, 0.3) is 5.69 Å². The number of nitrogens with one attached hydrogen (secondary N) is 1. The van der Waals surface area contributed by atoms with E-state index in [-0.39, 0.29) is 18.5 Å². The zero-order valence-electron chi connectivity index (χ0n) is 14.3. The van der Waals surface area contributed by atoms with E-state index >= 15 is 0 Å². The largest absolute Gasteiger partial charge is 0.396 e. The molecule has 0 aliphatic heterocycles. The summed E-state index contributed by atoms with van der Waals surface area (Å²) < 4.78 is 14.8. The molecular formula is C19H21FN4O. The van der Waals surface area contributed by atoms with Gasteiger partial charge in [-0.15, -0.1) is 5.10 Å². The van der Waals surface area contributed by atoms with Gasteiger partial charge < -0.3 is 10.4 Å². The first kappa shape index (κ1) is 17.1. The Morgan fingerprint density at radius 1 is 1.12 bits per heavy atom. The van der Waals surface area contributed by atoms with Crippen LogP contribution < -0.4 is 5.32 Å². The minimum atomic E-state index is -0.276. The van der Waals surface area contributed by atoms with Crippen LogP contribution in [0.4, 0.5) is 10.1 Å². The fourth-order valence-electron chi connectivity index (χ4n) is 2.78. The molecule has 0 bridgehead atoms. The summed E-state index contributed by atoms with van der Waals surface area (Å²) in [6, 6.07) is 14.1. The molecule has 1 aromatic heterocycles. The van der Waals surface area contributed by atoms with E-state index in [1.165, 1.54) is 12.1 Å². The molecule has 5 nitrogen and oxygen atoms in total. The Morgan fingerprint density at radius 3 is 2.44 bits per heavy atom. The van der Waals surface area contributed by atoms with Gasteiger partial charge in [-0.2, -0.15) is 0 Å². The average molecular weight is 340 g/mol. The summed E-state index contributed by atoms with van der Waals surface area (Å²) in [6.45, 7) is 4.11. The molecule has 0 radical (unpaired) electrons. The van der Waals surface area contributed by atoms with Gasteiger partial charge in [0.25, 0.3) is 0 Å². The Balaban J connectivity index is 1.76. The van der Waals surface area contributed by atoms with E-state index in [2.05, 4.69) is 15.6 Å². The Morgan fingerprint density at radius 2 is 1.80 bits per heavy atom. The van der Waals surface area contributed by atoms with Crippen LogP contribution in [0.3, 0.4) is 0 Å². The molecule has 25 heavy (non-hydrogen) atoms. The third kappa shape index (κ3) is 3.85. The van der Waals surface area contributed by atoms with Crippen LogP contribution in [0, 0.1) is 12.7 Å². The van der Waals surface area contributed by atoms with Crippen molar-refractivity contribution in [3.8, 4) is 5.69 Å². The van der Waals surface area contributed by atoms with E-state index in [4.69, 9.17) is 5.11 Å². The maximum Gasteiger partial charge on any atom is 0.123 e. The van der Waals surface area contributed by atoms with Gasteiger partial charge in [-0.05, 0) is 62.2 Å². The zero-order chi connectivity index (χ0) is 17.8. The van der Waals surface area contributed by atoms with Crippen LogP contribution in [0.1, 0.15) is 29.9 Å². The molecule has 0 spiro atoms. The van der Waals surface area contributed by atoms with Gasteiger partial charge >= 0.3 is 0 Å². The highest BCUT2D eigenvalue weighted by molar-refractivity contribution is 5.46. The molecule has 0 saturated heterocycles. The third-order valence-corrected chi connectivity index (χ3v) is 4.15. The van der Waals surface area contributed by atoms with Gasteiger partial charge in [0.05, 0.1) is 17.4 Å². The van der Waals surface area contributed by atoms with E-state index in [1.807, 2.05) is 38.1 Å². The lowest BCUT2D eigenvalue weighted by molar-refractivity contribution is 0.299. The van der Waals surface area contributed by atoms with Crippen molar-refractivity contribution in [3.63, 3.8) is 0 Å². The minimum Gasteiger partial charge on any atom is -0.396 e. The second kappa shape index (κ2) is 7.44. The van der Waals surface area contributed by atoms with Crippen LogP contribution in [0.15, 0.2) is 48.5 Å². The molecule has 130 valence electrons. The van der Waals surface area contributed by atoms with Crippen molar-refractivity contribution < 1.29 is 9.50 Å². The molecule has 6 heteroatoms. The van der Waals surface area contributed by atoms with Crippen LogP contribution in [0.5, 0.6) is 0 Å². The highest BCUT2D eigenvalue weighted by Crippen LogP contribution is 2.22. The quantitative estimate of drug-likeness (QED) is 0.722. The molecule has 0 saturated carbocycles. The third-order valence-electron chi connectivity index (χ3n) is 4.15. The van der Waals surface area contributed by atoms with Crippen LogP contribution in [0.2, 0.25) is 0 Å². The SMILES string of the molecule is Cc1c(C(C)Nc2ccc(CCO)cc2)nnn1-c1ccc(F)cc1. The van der Waals surface area contributed by atoms with Gasteiger partial charge in [-0.1, -0.05) is 17.3 Å². The monoisotopic (exact) mass is 340 g/mol. The summed E-state index contributed by atoms with van der Waals surface area (Å²) in [4.78, 5) is 0. The molecule has 0 fully saturated rings. The summed E-state index contributed by atoms with van der Waals surface area (Å²) in [7, 11) is 0. The second-order valence-corrected chi connectivity index (χ2v) is 5.98. The molecule has 1 unspecified atom stereocenters. The molecule has 0 aliphatic rings. The number of aliphatic hydroxyl groups excluding tert-OH is 1. The fourth-order valence-corrected chi connectivity index (χ4v) is 2.78. The smallest absolute Gasteiger partial charge is 0.123 e. The molecule has 0 amide bonds. The average Bonchev–Trinajstić information content (AvgIpc) is 2.99. The number of anilines is 1. The van der Waals surface area contributed by atoms with E-state index < -0.39 is 0 Å². The van der Waals surface area contributed by atoms with Gasteiger partial charge in [-0.25, -0.2) is 9.07 Å². The number of rotatable bonds is 6. The summed E-state index contributed by atoms with van der Waals surface area (Å²) in [5, 5.41) is 20.8. The molecule has 2 aromatic carbocycles. The first-order chi connectivity index (χ1) is 12.1. The predicted molar refractivity (Wildman–Crippen MR) is 95.3 cm³/mol. The van der Waals surface area contributed by atoms with Gasteiger partial charge in [0.15, 0.2) is 0 Å². The first-order valence-corrected chi connectivity index (χ1v) is 8.23. The fraction of sp³-hybridized carbons (Fsp3) is 0.263. The summed E-state index contributed by atoms with van der Waals surface area (Å²) in [5.74, 6) is -0.276. The molecule has 3 aromatic rings. The predicted octanol–water partition coefficient (Wildman–Crippen LogP) is 3.42. The standard InChI is InChI=1S/C19H21FN4O/c1-13(21-17-7-3-15(4-8-17)11-12-25)19-14(2)24(23-22-19)18-9-5-16(20)6-10-18/h3-10,13,21,25H,11-12H2,1-2H3. The van der Waals surface area contributed by atoms with E-state index in [0.717, 1.165) is 28.3 Å². The highest BCUT2D eigenvalue weighted by atomic mass is 19.1. The van der Waals surface area contributed by atoms with Gasteiger partial charge in [0, 0.05) is 12.3 Å². The number of hydrogen-bond acceptors (Lipinski definition) is 4. The summed E-state index contributed by atoms with van der Waals surface area (Å²) >= 11 is 0. The summed E-state index contributed by atoms with van der Waals surface area (Å²) in [6.07, 6.45) is 0.654. The second-order valence-electron chi connectivity index (χ2n) is 5.98. The maximum atomic E-state index is 13.1. The normalized spacial score (nSPS) is 12.2. The molecule has 1 atom stereocenters. The van der Waals surface area contributed by atoms with E-state index in [0.29, 0.717) is 6.42 Å². The van der Waals surface area contributed by atoms with E-state index in [1.54, 1.807) is 16.8 Å². The Bertz CT molecular complexity index is 828. The first-order valence-electron chi connectivity index (χ1n) is 8.23. The van der Waals surface area contributed by atoms with Crippen molar-refractivity contribution in [3.05, 3.63) is 71.3 Å². The number of benzene rings is 2. The zero-order valence-corrected chi connectivity index (χ0v) is 14.3. The Kier molecular flexibility index (Phi) is 5.09. The molecular weight excluding hydrogens is 319 g/mol. The van der Waals surface area contributed by atoms with Crippen LogP contribution in [-0.2, 0) is 6.42 Å². The molecule has 2 N–H and O–H groups in total. The Hall–Kier alpha value is -2.73. The van der Waals surface area contributed by atoms with E-state index in [9.17, 15) is 4.39 Å². The van der Waals surface area contributed by atoms with Crippen molar-refractivity contribution in [2.75, 3.05) is 11.9 Å². The van der Waals surface area contributed by atoms with Crippen molar-refractivity contribution in [1.29, 1.82) is 0 Å². The number of aliphatic hydroxyl groups is 1. The summed E-state index contributed by atoms with van der Waals surface area (Å²) in [5.41, 5.74) is 4.59. The maximum absolute atomic E-state index is 13.1. The van der Waals surface area contributed by atoms with Crippen molar-refractivity contribution in [2.45, 2.75) is 26.3 Å².